The van der Waals surface area contributed by atoms with Crippen molar-refractivity contribution in [2.24, 2.45) is 17.8 Å². The first-order valence-corrected chi connectivity index (χ1v) is 22.6. The van der Waals surface area contributed by atoms with Crippen LogP contribution in [0.15, 0.2) is 29.2 Å². The molecule has 0 aromatic heterocycles. The zero-order valence-electron chi connectivity index (χ0n) is 37.3. The maximum Gasteiger partial charge on any atom is 0.331 e. The molecule has 3 rings (SSSR count). The van der Waals surface area contributed by atoms with Crippen LogP contribution in [0.25, 0.3) is 0 Å². The number of amides is 2. The molecule has 1 aromatic carbocycles. The molecule has 61 heavy (non-hydrogen) atoms. The fourth-order valence-electron chi connectivity index (χ4n) is 8.72. The van der Waals surface area contributed by atoms with E-state index in [0.717, 1.165) is 29.2 Å². The van der Waals surface area contributed by atoms with Crippen LogP contribution in [0.3, 0.4) is 0 Å². The summed E-state index contributed by atoms with van der Waals surface area (Å²) < 4.78 is 59.8. The normalized spacial score (nSPS) is 36.3. The Morgan fingerprint density at radius 1 is 1.07 bits per heavy atom. The van der Waals surface area contributed by atoms with Gasteiger partial charge in [0.1, 0.15) is 29.7 Å². The van der Waals surface area contributed by atoms with E-state index in [1.54, 1.807) is 27.7 Å². The summed E-state index contributed by atoms with van der Waals surface area (Å²) >= 11 is 0. The second-order valence-corrected chi connectivity index (χ2v) is 19.5. The quantitative estimate of drug-likeness (QED) is 0.165. The zero-order chi connectivity index (χ0) is 46.2. The van der Waals surface area contributed by atoms with Gasteiger partial charge in [-0.15, -0.1) is 0 Å². The molecular formula is C42H70FN5O12S. The predicted octanol–water partition coefficient (Wildman–Crippen LogP) is 2.19. The van der Waals surface area contributed by atoms with E-state index in [1.165, 1.54) is 13.8 Å². The summed E-state index contributed by atoms with van der Waals surface area (Å²) in [5, 5.41) is 68.5. The lowest BCUT2D eigenvalue weighted by Crippen LogP contribution is -2.59. The van der Waals surface area contributed by atoms with E-state index in [1.807, 2.05) is 48.5 Å². The number of carbonyl (C=O) groups excluding carboxylic acids is 2. The first-order chi connectivity index (χ1) is 28.3. The molecule has 0 unspecified atom stereocenters. The third-order valence-corrected chi connectivity index (χ3v) is 13.6. The van der Waals surface area contributed by atoms with E-state index in [9.17, 15) is 53.2 Å². The highest BCUT2D eigenvalue weighted by molar-refractivity contribution is 7.90. The molecule has 19 heteroatoms. The number of aliphatic hydroxyl groups excluding tert-OH is 3. The van der Waals surface area contributed by atoms with E-state index in [-0.39, 0.29) is 74.8 Å². The minimum Gasteiger partial charge on any atom is -0.459 e. The van der Waals surface area contributed by atoms with Crippen LogP contribution >= 0.6 is 0 Å². The van der Waals surface area contributed by atoms with Crippen LogP contribution in [0, 0.1) is 34.9 Å². The number of hydrogen-bond donors (Lipinski definition) is 6. The van der Waals surface area contributed by atoms with E-state index >= 15 is 0 Å². The topological polar surface area (TPSA) is 243 Å². The molecule has 2 aliphatic rings. The van der Waals surface area contributed by atoms with Gasteiger partial charge in [0.05, 0.1) is 47.2 Å². The number of carbonyl (C=O) groups is 2. The second kappa shape index (κ2) is 22.0. The van der Waals surface area contributed by atoms with Crippen LogP contribution in [0.5, 0.6) is 0 Å². The van der Waals surface area contributed by atoms with Crippen molar-refractivity contribution in [2.75, 3.05) is 40.3 Å². The number of sulfonamides is 1. The first kappa shape index (κ1) is 52.3. The molecule has 0 saturated carbocycles. The van der Waals surface area contributed by atoms with E-state index < -0.39 is 93.7 Å². The van der Waals surface area contributed by atoms with Gasteiger partial charge < -0.3 is 49.5 Å². The van der Waals surface area contributed by atoms with Crippen LogP contribution in [-0.2, 0) is 29.0 Å². The number of nitrogens with one attached hydrogen (secondary N) is 1. The largest absolute Gasteiger partial charge is 0.459 e. The molecule has 2 heterocycles. The molecule has 0 radical (unpaired) electrons. The summed E-state index contributed by atoms with van der Waals surface area (Å²) in [4.78, 5) is 31.6. The van der Waals surface area contributed by atoms with Crippen molar-refractivity contribution >= 4 is 22.0 Å². The number of likely N-dealkylation sites (N-methyl/N-ethyl adjacent to an activating group) is 1. The third kappa shape index (κ3) is 13.5. The van der Waals surface area contributed by atoms with Crippen molar-refractivity contribution in [3.63, 3.8) is 0 Å². The van der Waals surface area contributed by atoms with Crippen molar-refractivity contribution in [2.45, 2.75) is 159 Å². The maximum atomic E-state index is 13.7. The molecule has 2 amide bonds. The Balaban J connectivity index is 1.99. The van der Waals surface area contributed by atoms with Gasteiger partial charge in [0.25, 0.3) is 10.0 Å². The molecule has 2 aliphatic heterocycles. The molecule has 0 aliphatic carbocycles. The van der Waals surface area contributed by atoms with Gasteiger partial charge in [-0.3, -0.25) is 9.69 Å². The maximum absolute atomic E-state index is 13.7. The molecule has 1 aromatic rings. The molecule has 2 saturated heterocycles. The van der Waals surface area contributed by atoms with Crippen molar-refractivity contribution in [3.8, 4) is 6.07 Å². The van der Waals surface area contributed by atoms with Crippen molar-refractivity contribution in [3.05, 3.63) is 30.1 Å². The van der Waals surface area contributed by atoms with Crippen LogP contribution in [-0.4, -0.2) is 167 Å². The predicted molar refractivity (Wildman–Crippen MR) is 222 cm³/mol. The molecule has 14 atom stereocenters. The number of hydrogen-bond acceptors (Lipinski definition) is 15. The van der Waals surface area contributed by atoms with Gasteiger partial charge in [-0.05, 0) is 105 Å². The Labute approximate surface area is 360 Å². The van der Waals surface area contributed by atoms with E-state index in [4.69, 9.17) is 14.2 Å². The Bertz CT molecular complexity index is 1730. The number of benzene rings is 1. The van der Waals surface area contributed by atoms with Crippen molar-refractivity contribution < 1.29 is 62.1 Å². The minimum absolute atomic E-state index is 0.0389. The highest BCUT2D eigenvalue weighted by Gasteiger charge is 2.50. The molecule has 2 fully saturated rings. The van der Waals surface area contributed by atoms with Crippen molar-refractivity contribution in [1.29, 1.82) is 5.26 Å². The number of ether oxygens (including phenoxy) is 3. The lowest BCUT2D eigenvalue weighted by molar-refractivity contribution is -0.299. The minimum atomic E-state index is -4.39. The van der Waals surface area contributed by atoms with Crippen LogP contribution < -0.4 is 4.72 Å². The molecule has 0 bridgehead atoms. The summed E-state index contributed by atoms with van der Waals surface area (Å²) in [5.41, 5.74) is -3.71. The lowest BCUT2D eigenvalue weighted by Gasteiger charge is -2.46. The number of esters is 1. The Kier molecular flexibility index (Phi) is 18.9. The molecular weight excluding hydrogens is 818 g/mol. The summed E-state index contributed by atoms with van der Waals surface area (Å²) in [5.74, 6) is -3.99. The summed E-state index contributed by atoms with van der Waals surface area (Å²) in [6.07, 6.45) is -7.24. The average molecular weight is 888 g/mol. The van der Waals surface area contributed by atoms with E-state index in [2.05, 4.69) is 0 Å². The van der Waals surface area contributed by atoms with Gasteiger partial charge in [0.15, 0.2) is 6.29 Å². The Morgan fingerprint density at radius 3 is 2.26 bits per heavy atom. The average Bonchev–Trinajstić information content (AvgIpc) is 3.18. The summed E-state index contributed by atoms with van der Waals surface area (Å²) in [6.45, 7) is 13.3. The SMILES string of the molecule is CC[C@H]1OC(=O)[C@@H](C)[C@@H](O)[C@@H](C)[C@@H](O[C@H]2O[C@@H](C)C[C@H](N(C)C)[C@@H]2O)[C@](C)(O)C[C@@H](C)CN(CCCN(CCC#N)C(=O)NS(=O)(=O)c2ccc(F)cc2)[C@H](C)[C@@H](O)[C@]1(C)O. The summed E-state index contributed by atoms with van der Waals surface area (Å²) in [6, 6.07) is 3.71. The van der Waals surface area contributed by atoms with Crippen molar-refractivity contribution in [1.82, 2.24) is 19.4 Å². The molecule has 6 N–H and O–H groups in total. The van der Waals surface area contributed by atoms with Gasteiger partial charge >= 0.3 is 12.0 Å². The fraction of sp³-hybridized carbons (Fsp3) is 0.786. The van der Waals surface area contributed by atoms with Gasteiger partial charge in [-0.2, -0.15) is 5.26 Å². The monoisotopic (exact) mass is 887 g/mol. The number of halogens is 1. The van der Waals surface area contributed by atoms with Crippen LogP contribution in [0.1, 0.15) is 87.5 Å². The van der Waals surface area contributed by atoms with Gasteiger partial charge in [0.2, 0.25) is 0 Å². The molecule has 348 valence electrons. The standard InChI is InChI=1S/C42H70FN5O12S/c1-11-33-42(8,55)36(51)29(6)48(21-13-20-47(19-12-18-44)40(53)45-61(56,57)31-16-14-30(43)15-17-31)24-25(2)23-41(7,54)37(27(4)34(49)28(5)38(52)59-33)60-39-35(50)32(46(9)10)22-26(3)58-39/h14-17,25-29,32-37,39,49-51,54-55H,11-13,19-24H2,1-10H3,(H,45,53)/t25-,26+,27-,28+,29-,32+,33-,34+,35+,36-,37-,39-,41-,42-/m1/s1. The van der Waals surface area contributed by atoms with Crippen LogP contribution in [0.4, 0.5) is 9.18 Å². The number of urea groups is 1. The fourth-order valence-corrected chi connectivity index (χ4v) is 9.69. The Hall–Kier alpha value is -3.03. The first-order valence-electron chi connectivity index (χ1n) is 21.1. The third-order valence-electron chi connectivity index (χ3n) is 12.3. The summed E-state index contributed by atoms with van der Waals surface area (Å²) in [7, 11) is -0.735. The highest BCUT2D eigenvalue weighted by Crippen LogP contribution is 2.37. The lowest BCUT2D eigenvalue weighted by atomic mass is 9.78. The number of nitriles is 1. The van der Waals surface area contributed by atoms with Gasteiger partial charge in [0, 0.05) is 44.2 Å². The van der Waals surface area contributed by atoms with E-state index in [0.29, 0.717) is 6.42 Å². The highest BCUT2D eigenvalue weighted by atomic mass is 32.2. The smallest absolute Gasteiger partial charge is 0.331 e. The number of rotatable bonds is 12. The van der Waals surface area contributed by atoms with Gasteiger partial charge in [-0.25, -0.2) is 22.3 Å². The number of aliphatic hydroxyl groups is 5. The number of cyclic esters (lactones) is 1. The van der Waals surface area contributed by atoms with Gasteiger partial charge in [-0.1, -0.05) is 20.8 Å². The molecule has 0 spiro atoms. The molecule has 17 nitrogen and oxygen atoms in total. The zero-order valence-corrected chi connectivity index (χ0v) is 38.1. The number of nitrogens with zero attached hydrogens (tertiary/aromatic N) is 4. The Morgan fingerprint density at radius 2 is 1.69 bits per heavy atom. The van der Waals surface area contributed by atoms with Crippen LogP contribution in [0.2, 0.25) is 0 Å². The second-order valence-electron chi connectivity index (χ2n) is 17.8.